The first-order chi connectivity index (χ1) is 12.5. The van der Waals surface area contributed by atoms with Crippen molar-refractivity contribution in [1.82, 2.24) is 4.57 Å². The third-order valence-corrected chi connectivity index (χ3v) is 4.00. The standard InChI is InChI=1S/C20H18F2N2O2/c1-13-7-18(26-12-15-5-6-16(21)9-19(15)22)10-20(25)24(13)17-4-2-3-14(8-17)11-23/h2-10H,11-12,23H2,1H3. The molecule has 0 aliphatic rings. The third-order valence-electron chi connectivity index (χ3n) is 4.00. The Morgan fingerprint density at radius 2 is 1.88 bits per heavy atom. The summed E-state index contributed by atoms with van der Waals surface area (Å²) in [7, 11) is 0. The fourth-order valence-electron chi connectivity index (χ4n) is 2.71. The van der Waals surface area contributed by atoms with Gasteiger partial charge in [0.1, 0.15) is 24.0 Å². The first-order valence-electron chi connectivity index (χ1n) is 8.08. The van der Waals surface area contributed by atoms with Gasteiger partial charge in [-0.3, -0.25) is 9.36 Å². The van der Waals surface area contributed by atoms with Crippen molar-refractivity contribution in [2.24, 2.45) is 5.73 Å². The maximum absolute atomic E-state index is 13.7. The summed E-state index contributed by atoms with van der Waals surface area (Å²) in [5.74, 6) is -1.01. The fraction of sp³-hybridized carbons (Fsp3) is 0.150. The van der Waals surface area contributed by atoms with Crippen LogP contribution in [0.2, 0.25) is 0 Å². The number of ether oxygens (including phenoxy) is 1. The Morgan fingerprint density at radius 3 is 2.58 bits per heavy atom. The summed E-state index contributed by atoms with van der Waals surface area (Å²) < 4.78 is 33.7. The number of nitrogens with two attached hydrogens (primary N) is 1. The summed E-state index contributed by atoms with van der Waals surface area (Å²) >= 11 is 0. The summed E-state index contributed by atoms with van der Waals surface area (Å²) in [6, 6.07) is 13.7. The van der Waals surface area contributed by atoms with E-state index in [1.165, 1.54) is 12.1 Å². The number of aromatic nitrogens is 1. The van der Waals surface area contributed by atoms with E-state index in [-0.39, 0.29) is 17.7 Å². The Morgan fingerprint density at radius 1 is 1.08 bits per heavy atom. The highest BCUT2D eigenvalue weighted by Crippen LogP contribution is 2.18. The largest absolute Gasteiger partial charge is 0.489 e. The Labute approximate surface area is 149 Å². The average Bonchev–Trinajstić information content (AvgIpc) is 2.60. The Kier molecular flexibility index (Phi) is 5.14. The molecule has 6 heteroatoms. The molecule has 3 rings (SSSR count). The van der Waals surface area contributed by atoms with Crippen molar-refractivity contribution in [2.45, 2.75) is 20.1 Å². The molecule has 0 radical (unpaired) electrons. The van der Waals surface area contributed by atoms with Gasteiger partial charge in [-0.15, -0.1) is 0 Å². The Hall–Kier alpha value is -2.99. The van der Waals surface area contributed by atoms with Crippen molar-refractivity contribution in [3.05, 3.63) is 93.4 Å². The molecule has 0 unspecified atom stereocenters. The zero-order valence-electron chi connectivity index (χ0n) is 14.2. The molecule has 0 amide bonds. The summed E-state index contributed by atoms with van der Waals surface area (Å²) in [5, 5.41) is 0. The summed E-state index contributed by atoms with van der Waals surface area (Å²) in [4.78, 5) is 12.5. The molecular formula is C20H18F2N2O2. The SMILES string of the molecule is Cc1cc(OCc2ccc(F)cc2F)cc(=O)n1-c1cccc(CN)c1. The highest BCUT2D eigenvalue weighted by molar-refractivity contribution is 5.39. The molecule has 2 N–H and O–H groups in total. The van der Waals surface area contributed by atoms with E-state index < -0.39 is 11.6 Å². The van der Waals surface area contributed by atoms with Gasteiger partial charge in [-0.2, -0.15) is 0 Å². The van der Waals surface area contributed by atoms with Crippen LogP contribution < -0.4 is 16.0 Å². The average molecular weight is 356 g/mol. The molecule has 0 aliphatic heterocycles. The van der Waals surface area contributed by atoms with Gasteiger partial charge in [0.2, 0.25) is 0 Å². The van der Waals surface area contributed by atoms with Gasteiger partial charge in [-0.1, -0.05) is 12.1 Å². The van der Waals surface area contributed by atoms with Gasteiger partial charge < -0.3 is 10.5 Å². The fourth-order valence-corrected chi connectivity index (χ4v) is 2.71. The Bertz CT molecular complexity index is 999. The second-order valence-electron chi connectivity index (χ2n) is 5.90. The third kappa shape index (κ3) is 3.81. The molecule has 0 aliphatic carbocycles. The number of halogens is 2. The molecule has 3 aromatic rings. The van der Waals surface area contributed by atoms with Crippen molar-refractivity contribution >= 4 is 0 Å². The minimum atomic E-state index is -0.686. The van der Waals surface area contributed by atoms with E-state index >= 15 is 0 Å². The number of pyridine rings is 1. The van der Waals surface area contributed by atoms with E-state index in [0.717, 1.165) is 17.7 Å². The van der Waals surface area contributed by atoms with Gasteiger partial charge in [0.25, 0.3) is 5.56 Å². The van der Waals surface area contributed by atoms with Gasteiger partial charge in [0.05, 0.1) is 0 Å². The highest BCUT2D eigenvalue weighted by Gasteiger charge is 2.09. The zero-order valence-corrected chi connectivity index (χ0v) is 14.2. The lowest BCUT2D eigenvalue weighted by molar-refractivity contribution is 0.298. The molecule has 4 nitrogen and oxygen atoms in total. The molecule has 134 valence electrons. The molecule has 0 saturated carbocycles. The molecular weight excluding hydrogens is 338 g/mol. The van der Waals surface area contributed by atoms with Crippen molar-refractivity contribution < 1.29 is 13.5 Å². The summed E-state index contributed by atoms with van der Waals surface area (Å²) in [5.41, 5.74) is 7.89. The van der Waals surface area contributed by atoms with Crippen LogP contribution in [0.4, 0.5) is 8.78 Å². The van der Waals surface area contributed by atoms with Crippen LogP contribution in [0.3, 0.4) is 0 Å². The quantitative estimate of drug-likeness (QED) is 0.762. The first-order valence-corrected chi connectivity index (χ1v) is 8.08. The Balaban J connectivity index is 1.86. The van der Waals surface area contributed by atoms with Gasteiger partial charge in [-0.05, 0) is 36.8 Å². The number of aryl methyl sites for hydroxylation is 1. The molecule has 2 aromatic carbocycles. The molecule has 0 fully saturated rings. The van der Waals surface area contributed by atoms with E-state index in [1.54, 1.807) is 17.6 Å². The molecule has 0 bridgehead atoms. The van der Waals surface area contributed by atoms with Crippen LogP contribution in [-0.2, 0) is 13.2 Å². The van der Waals surface area contributed by atoms with E-state index in [2.05, 4.69) is 0 Å². The van der Waals surface area contributed by atoms with Crippen LogP contribution in [0.5, 0.6) is 5.75 Å². The number of benzene rings is 2. The summed E-state index contributed by atoms with van der Waals surface area (Å²) in [6.07, 6.45) is 0. The minimum Gasteiger partial charge on any atom is -0.489 e. The molecule has 26 heavy (non-hydrogen) atoms. The molecule has 0 spiro atoms. The van der Waals surface area contributed by atoms with Crippen LogP contribution in [-0.4, -0.2) is 4.57 Å². The number of rotatable bonds is 5. The maximum atomic E-state index is 13.7. The number of hydrogen-bond donors (Lipinski definition) is 1. The summed E-state index contributed by atoms with van der Waals surface area (Å²) in [6.45, 7) is 2.06. The first kappa shape index (κ1) is 17.8. The van der Waals surface area contributed by atoms with E-state index in [0.29, 0.717) is 23.7 Å². The van der Waals surface area contributed by atoms with E-state index in [4.69, 9.17) is 10.5 Å². The van der Waals surface area contributed by atoms with Gasteiger partial charge in [0.15, 0.2) is 0 Å². The van der Waals surface area contributed by atoms with Crippen molar-refractivity contribution in [3.63, 3.8) is 0 Å². The smallest absolute Gasteiger partial charge is 0.258 e. The number of hydrogen-bond acceptors (Lipinski definition) is 3. The molecule has 0 atom stereocenters. The second kappa shape index (κ2) is 7.49. The normalized spacial score (nSPS) is 10.8. The van der Waals surface area contributed by atoms with Gasteiger partial charge in [-0.25, -0.2) is 8.78 Å². The lowest BCUT2D eigenvalue weighted by Crippen LogP contribution is -2.20. The van der Waals surface area contributed by atoms with E-state index in [9.17, 15) is 13.6 Å². The molecule has 0 saturated heterocycles. The van der Waals surface area contributed by atoms with Crippen molar-refractivity contribution in [2.75, 3.05) is 0 Å². The zero-order chi connectivity index (χ0) is 18.7. The number of nitrogens with zero attached hydrogens (tertiary/aromatic N) is 1. The van der Waals surface area contributed by atoms with Crippen LogP contribution in [0.25, 0.3) is 5.69 Å². The monoisotopic (exact) mass is 356 g/mol. The minimum absolute atomic E-state index is 0.0995. The molecule has 1 heterocycles. The predicted octanol–water partition coefficient (Wildman–Crippen LogP) is 3.46. The van der Waals surface area contributed by atoms with Crippen molar-refractivity contribution in [1.29, 1.82) is 0 Å². The van der Waals surface area contributed by atoms with Crippen LogP contribution in [0.15, 0.2) is 59.4 Å². The maximum Gasteiger partial charge on any atom is 0.258 e. The van der Waals surface area contributed by atoms with Gasteiger partial charge >= 0.3 is 0 Å². The second-order valence-corrected chi connectivity index (χ2v) is 5.90. The highest BCUT2D eigenvalue weighted by atomic mass is 19.1. The van der Waals surface area contributed by atoms with Crippen molar-refractivity contribution in [3.8, 4) is 11.4 Å². The van der Waals surface area contributed by atoms with Crippen LogP contribution in [0.1, 0.15) is 16.8 Å². The topological polar surface area (TPSA) is 57.2 Å². The molecule has 1 aromatic heterocycles. The van der Waals surface area contributed by atoms with E-state index in [1.807, 2.05) is 24.3 Å². The lowest BCUT2D eigenvalue weighted by Gasteiger charge is -2.13. The van der Waals surface area contributed by atoms with Gasteiger partial charge in [0, 0.05) is 41.7 Å². The lowest BCUT2D eigenvalue weighted by atomic mass is 10.2. The van der Waals surface area contributed by atoms with Crippen LogP contribution >= 0.6 is 0 Å². The predicted molar refractivity (Wildman–Crippen MR) is 95.4 cm³/mol. The van der Waals surface area contributed by atoms with Crippen LogP contribution in [0, 0.1) is 18.6 Å².